The van der Waals surface area contributed by atoms with Crippen LogP contribution in [0.15, 0.2) is 66.9 Å². The zero-order valence-electron chi connectivity index (χ0n) is 17.0. The summed E-state index contributed by atoms with van der Waals surface area (Å²) in [6.45, 7) is 4.73. The molecule has 1 aliphatic rings. The number of hydrogen-bond acceptors (Lipinski definition) is 3. The van der Waals surface area contributed by atoms with E-state index in [4.69, 9.17) is 16.3 Å². The third-order valence-electron chi connectivity index (χ3n) is 5.23. The molecule has 152 valence electrons. The van der Waals surface area contributed by atoms with Gasteiger partial charge in [0.15, 0.2) is 0 Å². The van der Waals surface area contributed by atoms with Gasteiger partial charge in [0.1, 0.15) is 5.69 Å². The molecular formula is C26H25ClN2O. The summed E-state index contributed by atoms with van der Waals surface area (Å²) in [7, 11) is 0. The zero-order valence-corrected chi connectivity index (χ0v) is 17.7. The summed E-state index contributed by atoms with van der Waals surface area (Å²) in [4.78, 5) is 6.91. The van der Waals surface area contributed by atoms with E-state index in [1.165, 1.54) is 11.1 Å². The molecule has 0 aliphatic carbocycles. The van der Waals surface area contributed by atoms with Crippen LogP contribution in [0.2, 0.25) is 5.02 Å². The van der Waals surface area contributed by atoms with E-state index in [1.54, 1.807) is 0 Å². The zero-order chi connectivity index (χ0) is 20.6. The average Bonchev–Trinajstić information content (AvgIpc) is 2.79. The van der Waals surface area contributed by atoms with Crippen molar-refractivity contribution in [1.82, 2.24) is 9.88 Å². The van der Waals surface area contributed by atoms with E-state index in [0.29, 0.717) is 0 Å². The topological polar surface area (TPSA) is 25.4 Å². The largest absolute Gasteiger partial charge is 0.379 e. The van der Waals surface area contributed by atoms with Gasteiger partial charge in [-0.25, -0.2) is 4.98 Å². The summed E-state index contributed by atoms with van der Waals surface area (Å²) >= 11 is 5.95. The van der Waals surface area contributed by atoms with Gasteiger partial charge >= 0.3 is 0 Å². The summed E-state index contributed by atoms with van der Waals surface area (Å²) < 4.78 is 5.41. The van der Waals surface area contributed by atoms with Crippen LogP contribution < -0.4 is 0 Å². The minimum Gasteiger partial charge on any atom is -0.379 e. The van der Waals surface area contributed by atoms with E-state index in [1.807, 2.05) is 42.6 Å². The van der Waals surface area contributed by atoms with E-state index >= 15 is 0 Å². The standard InChI is InChI=1S/C26H25ClN2O/c27-25-12-9-23(10-13-25)24-11-14-26(28-19-24)4-2-1-3-21-5-7-22(8-6-21)20-29-15-17-30-18-16-29/h5-14,19H,1,3,15-18,20H2. The summed E-state index contributed by atoms with van der Waals surface area (Å²) in [5, 5.41) is 0.737. The minimum absolute atomic E-state index is 0.737. The van der Waals surface area contributed by atoms with Crippen LogP contribution >= 0.6 is 11.6 Å². The molecule has 2 heterocycles. The first-order valence-corrected chi connectivity index (χ1v) is 10.7. The Kier molecular flexibility index (Phi) is 7.16. The number of benzene rings is 2. The minimum atomic E-state index is 0.737. The first-order chi connectivity index (χ1) is 14.8. The van der Waals surface area contributed by atoms with Crippen LogP contribution in [0.4, 0.5) is 0 Å². The molecule has 4 rings (SSSR count). The molecule has 0 spiro atoms. The van der Waals surface area contributed by atoms with Gasteiger partial charge < -0.3 is 4.74 Å². The van der Waals surface area contributed by atoms with Gasteiger partial charge in [0.05, 0.1) is 13.2 Å². The number of hydrogen-bond donors (Lipinski definition) is 0. The Morgan fingerprint density at radius 2 is 1.57 bits per heavy atom. The molecule has 0 bridgehead atoms. The van der Waals surface area contributed by atoms with Crippen LogP contribution in [0, 0.1) is 11.8 Å². The Labute approximate surface area is 183 Å². The summed E-state index contributed by atoms with van der Waals surface area (Å²) in [5.74, 6) is 6.41. The third kappa shape index (κ3) is 5.93. The van der Waals surface area contributed by atoms with Crippen molar-refractivity contribution in [3.63, 3.8) is 0 Å². The fourth-order valence-corrected chi connectivity index (χ4v) is 3.60. The number of nitrogens with zero attached hydrogens (tertiary/aromatic N) is 2. The fourth-order valence-electron chi connectivity index (χ4n) is 3.47. The van der Waals surface area contributed by atoms with Gasteiger partial charge in [-0.15, -0.1) is 0 Å². The van der Waals surface area contributed by atoms with Gasteiger partial charge in [-0.05, 0) is 47.2 Å². The van der Waals surface area contributed by atoms with Gasteiger partial charge in [-0.2, -0.15) is 0 Å². The highest BCUT2D eigenvalue weighted by Crippen LogP contribution is 2.20. The van der Waals surface area contributed by atoms with E-state index in [2.05, 4.69) is 46.0 Å². The number of halogens is 1. The molecule has 0 radical (unpaired) electrons. The molecule has 30 heavy (non-hydrogen) atoms. The first kappa shape index (κ1) is 20.6. The molecule has 3 aromatic rings. The van der Waals surface area contributed by atoms with Crippen molar-refractivity contribution in [2.45, 2.75) is 19.4 Å². The lowest BCUT2D eigenvalue weighted by atomic mass is 10.1. The molecule has 0 atom stereocenters. The number of pyridine rings is 1. The van der Waals surface area contributed by atoms with Crippen LogP contribution in [-0.4, -0.2) is 36.2 Å². The molecule has 1 saturated heterocycles. The van der Waals surface area contributed by atoms with E-state index in [-0.39, 0.29) is 0 Å². The molecular weight excluding hydrogens is 392 g/mol. The van der Waals surface area contributed by atoms with E-state index in [0.717, 1.165) is 67.5 Å². The molecule has 2 aromatic carbocycles. The fraction of sp³-hybridized carbons (Fsp3) is 0.269. The van der Waals surface area contributed by atoms with Gasteiger partial charge in [-0.1, -0.05) is 60.0 Å². The van der Waals surface area contributed by atoms with E-state index < -0.39 is 0 Å². The quantitative estimate of drug-likeness (QED) is 0.533. The Morgan fingerprint density at radius 1 is 0.867 bits per heavy atom. The molecule has 0 N–H and O–H groups in total. The lowest BCUT2D eigenvalue weighted by Crippen LogP contribution is -2.35. The second-order valence-electron chi connectivity index (χ2n) is 7.45. The van der Waals surface area contributed by atoms with Gasteiger partial charge in [0.2, 0.25) is 0 Å². The average molecular weight is 417 g/mol. The number of ether oxygens (including phenoxy) is 1. The summed E-state index contributed by atoms with van der Waals surface area (Å²) in [5.41, 5.74) is 5.64. The SMILES string of the molecule is Clc1ccc(-c2ccc(C#CCCc3ccc(CN4CCOCC4)cc3)nc2)cc1. The smallest absolute Gasteiger partial charge is 0.113 e. The predicted molar refractivity (Wildman–Crippen MR) is 122 cm³/mol. The number of aryl methyl sites for hydroxylation is 1. The third-order valence-corrected chi connectivity index (χ3v) is 5.48. The van der Waals surface area contributed by atoms with Crippen LogP contribution in [0.5, 0.6) is 0 Å². The van der Waals surface area contributed by atoms with E-state index in [9.17, 15) is 0 Å². The molecule has 1 aliphatic heterocycles. The lowest BCUT2D eigenvalue weighted by Gasteiger charge is -2.26. The van der Waals surface area contributed by atoms with Crippen molar-refractivity contribution >= 4 is 11.6 Å². The van der Waals surface area contributed by atoms with Crippen molar-refractivity contribution in [3.8, 4) is 23.0 Å². The summed E-state index contributed by atoms with van der Waals surface area (Å²) in [6.07, 6.45) is 3.64. The maximum atomic E-state index is 5.95. The highest BCUT2D eigenvalue weighted by Gasteiger charge is 2.10. The first-order valence-electron chi connectivity index (χ1n) is 10.3. The molecule has 1 aromatic heterocycles. The highest BCUT2D eigenvalue weighted by atomic mass is 35.5. The number of aromatic nitrogens is 1. The Hall–Kier alpha value is -2.64. The maximum Gasteiger partial charge on any atom is 0.113 e. The monoisotopic (exact) mass is 416 g/mol. The number of morpholine rings is 1. The van der Waals surface area contributed by atoms with Crippen LogP contribution in [0.3, 0.4) is 0 Å². The van der Waals surface area contributed by atoms with Crippen molar-refractivity contribution < 1.29 is 4.74 Å². The van der Waals surface area contributed by atoms with Crippen molar-refractivity contribution in [3.05, 3.63) is 88.7 Å². The van der Waals surface area contributed by atoms with Crippen LogP contribution in [0.25, 0.3) is 11.1 Å². The molecule has 1 fully saturated rings. The van der Waals surface area contributed by atoms with Crippen molar-refractivity contribution in [2.75, 3.05) is 26.3 Å². The number of rotatable bonds is 5. The molecule has 0 saturated carbocycles. The highest BCUT2D eigenvalue weighted by molar-refractivity contribution is 6.30. The second kappa shape index (κ2) is 10.4. The van der Waals surface area contributed by atoms with Crippen LogP contribution in [0.1, 0.15) is 23.2 Å². The Bertz CT molecular complexity index is 996. The normalized spacial score (nSPS) is 14.2. The maximum absolute atomic E-state index is 5.95. The summed E-state index contributed by atoms with van der Waals surface area (Å²) in [6, 6.07) is 20.7. The van der Waals surface area contributed by atoms with Gasteiger partial charge in [-0.3, -0.25) is 4.90 Å². The lowest BCUT2D eigenvalue weighted by molar-refractivity contribution is 0.0342. The molecule has 0 unspecified atom stereocenters. The van der Waals surface area contributed by atoms with Crippen molar-refractivity contribution in [1.29, 1.82) is 0 Å². The van der Waals surface area contributed by atoms with Crippen LogP contribution in [-0.2, 0) is 17.7 Å². The van der Waals surface area contributed by atoms with Crippen molar-refractivity contribution in [2.24, 2.45) is 0 Å². The van der Waals surface area contributed by atoms with Gasteiger partial charge in [0, 0.05) is 42.8 Å². The van der Waals surface area contributed by atoms with Gasteiger partial charge in [0.25, 0.3) is 0 Å². The molecule has 0 amide bonds. The Morgan fingerprint density at radius 3 is 2.27 bits per heavy atom. The molecule has 3 nitrogen and oxygen atoms in total. The predicted octanol–water partition coefficient (Wildman–Crippen LogP) is 5.22. The Balaban J connectivity index is 1.27. The molecule has 4 heteroatoms. The second-order valence-corrected chi connectivity index (χ2v) is 7.88.